The first-order valence-corrected chi connectivity index (χ1v) is 9.06. The van der Waals surface area contributed by atoms with E-state index in [2.05, 4.69) is 5.16 Å². The molecule has 0 fully saturated rings. The molecule has 3 aromatic carbocycles. The number of halogens is 3. The van der Waals surface area contributed by atoms with Crippen LogP contribution in [-0.4, -0.2) is 10.3 Å². The van der Waals surface area contributed by atoms with E-state index in [0.717, 1.165) is 5.56 Å². The number of hydrogen-bond donors (Lipinski definition) is 1. The van der Waals surface area contributed by atoms with Crippen molar-refractivity contribution in [2.24, 2.45) is 0 Å². The number of phenols is 1. The van der Waals surface area contributed by atoms with Crippen molar-refractivity contribution in [3.63, 3.8) is 0 Å². The molecule has 30 heavy (non-hydrogen) atoms. The lowest BCUT2D eigenvalue weighted by atomic mass is 9.98. The van der Waals surface area contributed by atoms with Crippen molar-refractivity contribution < 1.29 is 27.5 Å². The Morgan fingerprint density at radius 3 is 2.20 bits per heavy atom. The van der Waals surface area contributed by atoms with Crippen LogP contribution >= 0.6 is 0 Å². The summed E-state index contributed by atoms with van der Waals surface area (Å²) in [6.07, 6.45) is -4.71. The standard InChI is InChI=1S/C23H16F3NO3/c24-23(25,26)22-20(16-9-5-2-6-10-16)21(30-27-22)18-12-11-17(13-19(18)28)29-14-15-7-3-1-4-8-15/h1-13,28H,14H2. The predicted octanol–water partition coefficient (Wildman–Crippen LogP) is 6.31. The van der Waals surface area contributed by atoms with E-state index in [0.29, 0.717) is 5.75 Å². The molecule has 4 nitrogen and oxygen atoms in total. The monoisotopic (exact) mass is 411 g/mol. The minimum atomic E-state index is -4.71. The van der Waals surface area contributed by atoms with Crippen molar-refractivity contribution in [3.8, 4) is 33.9 Å². The van der Waals surface area contributed by atoms with E-state index in [1.54, 1.807) is 24.3 Å². The molecule has 0 atom stereocenters. The number of nitrogens with zero attached hydrogens (tertiary/aromatic N) is 1. The third-order valence-corrected chi connectivity index (χ3v) is 4.49. The summed E-state index contributed by atoms with van der Waals surface area (Å²) in [6.45, 7) is 0.287. The highest BCUT2D eigenvalue weighted by atomic mass is 19.4. The van der Waals surface area contributed by atoms with Gasteiger partial charge in [-0.25, -0.2) is 0 Å². The summed E-state index contributed by atoms with van der Waals surface area (Å²) in [7, 11) is 0. The lowest BCUT2D eigenvalue weighted by molar-refractivity contribution is -0.142. The number of benzene rings is 3. The Morgan fingerprint density at radius 1 is 0.900 bits per heavy atom. The molecule has 4 rings (SSSR count). The molecular formula is C23H16F3NO3. The number of aromatic nitrogens is 1. The van der Waals surface area contributed by atoms with E-state index in [9.17, 15) is 18.3 Å². The Bertz CT molecular complexity index is 1140. The van der Waals surface area contributed by atoms with E-state index in [4.69, 9.17) is 9.26 Å². The molecule has 152 valence electrons. The first-order valence-electron chi connectivity index (χ1n) is 9.06. The van der Waals surface area contributed by atoms with Gasteiger partial charge in [-0.1, -0.05) is 65.8 Å². The highest BCUT2D eigenvalue weighted by Gasteiger charge is 2.40. The summed E-state index contributed by atoms with van der Waals surface area (Å²) < 4.78 is 51.1. The molecule has 0 spiro atoms. The van der Waals surface area contributed by atoms with E-state index in [1.807, 2.05) is 30.3 Å². The molecule has 1 N–H and O–H groups in total. The van der Waals surface area contributed by atoms with E-state index >= 15 is 0 Å². The molecule has 0 aliphatic rings. The normalized spacial score (nSPS) is 11.4. The SMILES string of the molecule is Oc1cc(OCc2ccccc2)ccc1-c1onc(C(F)(F)F)c1-c1ccccc1. The van der Waals surface area contributed by atoms with Gasteiger partial charge in [0.1, 0.15) is 18.1 Å². The first-order chi connectivity index (χ1) is 14.4. The second-order valence-electron chi connectivity index (χ2n) is 6.55. The molecule has 1 heterocycles. The molecule has 0 aliphatic heterocycles. The molecule has 4 aromatic rings. The Morgan fingerprint density at radius 2 is 1.57 bits per heavy atom. The number of ether oxygens (including phenoxy) is 1. The van der Waals surface area contributed by atoms with Crippen molar-refractivity contribution in [1.29, 1.82) is 0 Å². The second kappa shape index (κ2) is 7.94. The zero-order chi connectivity index (χ0) is 21.1. The van der Waals surface area contributed by atoms with Gasteiger partial charge in [-0.2, -0.15) is 13.2 Å². The van der Waals surface area contributed by atoms with Crippen molar-refractivity contribution in [2.75, 3.05) is 0 Å². The third-order valence-electron chi connectivity index (χ3n) is 4.49. The van der Waals surface area contributed by atoms with Gasteiger partial charge in [-0.3, -0.25) is 0 Å². The number of alkyl halides is 3. The topological polar surface area (TPSA) is 55.5 Å². The fraction of sp³-hybridized carbons (Fsp3) is 0.0870. The van der Waals surface area contributed by atoms with Crippen LogP contribution in [0, 0.1) is 0 Å². The van der Waals surface area contributed by atoms with Crippen LogP contribution in [0.4, 0.5) is 13.2 Å². The Labute approximate surface area is 170 Å². The summed E-state index contributed by atoms with van der Waals surface area (Å²) in [5, 5.41) is 13.7. The quantitative estimate of drug-likeness (QED) is 0.418. The summed E-state index contributed by atoms with van der Waals surface area (Å²) in [5.41, 5.74) is -0.0601. The van der Waals surface area contributed by atoms with Crippen molar-refractivity contribution >= 4 is 0 Å². The van der Waals surface area contributed by atoms with Crippen LogP contribution in [0.5, 0.6) is 11.5 Å². The van der Waals surface area contributed by atoms with Crippen molar-refractivity contribution in [3.05, 3.63) is 90.1 Å². The van der Waals surface area contributed by atoms with Gasteiger partial charge < -0.3 is 14.4 Å². The maximum atomic E-state index is 13.5. The minimum absolute atomic E-state index is 0.0870. The summed E-state index contributed by atoms with van der Waals surface area (Å²) in [5.74, 6) is -0.0693. The minimum Gasteiger partial charge on any atom is -0.507 e. The van der Waals surface area contributed by atoms with Crippen LogP contribution in [0.15, 0.2) is 83.4 Å². The Balaban J connectivity index is 1.70. The Hall–Kier alpha value is -3.74. The van der Waals surface area contributed by atoms with Crippen LogP contribution in [0.2, 0.25) is 0 Å². The number of rotatable bonds is 5. The van der Waals surface area contributed by atoms with Crippen molar-refractivity contribution in [1.82, 2.24) is 5.16 Å². The molecule has 0 aliphatic carbocycles. The highest BCUT2D eigenvalue weighted by molar-refractivity contribution is 5.84. The van der Waals surface area contributed by atoms with Crippen LogP contribution < -0.4 is 4.74 Å². The van der Waals surface area contributed by atoms with Crippen LogP contribution in [0.1, 0.15) is 11.3 Å². The molecular weight excluding hydrogens is 395 g/mol. The third kappa shape index (κ3) is 4.00. The molecule has 0 saturated carbocycles. The number of phenolic OH excluding ortho intramolecular Hbond substituents is 1. The molecule has 0 bridgehead atoms. The van der Waals surface area contributed by atoms with Gasteiger partial charge in [-0.05, 0) is 23.3 Å². The maximum absolute atomic E-state index is 13.5. The molecule has 1 aromatic heterocycles. The molecule has 0 amide bonds. The zero-order valence-electron chi connectivity index (χ0n) is 15.6. The number of aromatic hydroxyl groups is 1. The Kier molecular flexibility index (Phi) is 5.18. The largest absolute Gasteiger partial charge is 0.507 e. The lowest BCUT2D eigenvalue weighted by Crippen LogP contribution is -2.07. The average molecular weight is 411 g/mol. The first kappa shape index (κ1) is 19.6. The molecule has 7 heteroatoms. The fourth-order valence-electron chi connectivity index (χ4n) is 3.07. The van der Waals surface area contributed by atoms with Gasteiger partial charge in [0.25, 0.3) is 0 Å². The van der Waals surface area contributed by atoms with E-state index in [1.165, 1.54) is 24.3 Å². The fourth-order valence-corrected chi connectivity index (χ4v) is 3.07. The van der Waals surface area contributed by atoms with Gasteiger partial charge in [0, 0.05) is 6.07 Å². The molecule has 0 radical (unpaired) electrons. The predicted molar refractivity (Wildman–Crippen MR) is 105 cm³/mol. The smallest absolute Gasteiger partial charge is 0.437 e. The van der Waals surface area contributed by atoms with Crippen molar-refractivity contribution in [2.45, 2.75) is 12.8 Å². The summed E-state index contributed by atoms with van der Waals surface area (Å²) in [6, 6.07) is 21.8. The zero-order valence-corrected chi connectivity index (χ0v) is 15.6. The molecule has 0 saturated heterocycles. The van der Waals surface area contributed by atoms with Gasteiger partial charge in [-0.15, -0.1) is 0 Å². The van der Waals surface area contributed by atoms with E-state index < -0.39 is 11.9 Å². The lowest BCUT2D eigenvalue weighted by Gasteiger charge is -2.10. The maximum Gasteiger partial charge on any atom is 0.437 e. The van der Waals surface area contributed by atoms with Crippen LogP contribution in [0.3, 0.4) is 0 Å². The van der Waals surface area contributed by atoms with Crippen LogP contribution in [0.25, 0.3) is 22.5 Å². The average Bonchev–Trinajstić information content (AvgIpc) is 3.19. The van der Waals surface area contributed by atoms with Gasteiger partial charge >= 0.3 is 6.18 Å². The summed E-state index contributed by atoms with van der Waals surface area (Å²) >= 11 is 0. The van der Waals surface area contributed by atoms with Gasteiger partial charge in [0.05, 0.1) is 11.1 Å². The number of hydrogen-bond acceptors (Lipinski definition) is 4. The second-order valence-corrected chi connectivity index (χ2v) is 6.55. The molecule has 0 unspecified atom stereocenters. The van der Waals surface area contributed by atoms with E-state index in [-0.39, 0.29) is 34.8 Å². The highest BCUT2D eigenvalue weighted by Crippen LogP contribution is 2.45. The van der Waals surface area contributed by atoms with Crippen LogP contribution in [-0.2, 0) is 12.8 Å². The van der Waals surface area contributed by atoms with Gasteiger partial charge in [0.2, 0.25) is 0 Å². The van der Waals surface area contributed by atoms with Gasteiger partial charge in [0.15, 0.2) is 11.5 Å². The summed E-state index contributed by atoms with van der Waals surface area (Å²) in [4.78, 5) is 0.